The van der Waals surface area contributed by atoms with E-state index in [9.17, 15) is 0 Å². The molecule has 0 saturated heterocycles. The van der Waals surface area contributed by atoms with Crippen molar-refractivity contribution in [3.05, 3.63) is 47.6 Å². The van der Waals surface area contributed by atoms with Gasteiger partial charge in [-0.25, -0.2) is 0 Å². The highest BCUT2D eigenvalue weighted by Gasteiger charge is 2.10. The summed E-state index contributed by atoms with van der Waals surface area (Å²) in [7, 11) is 0. The quantitative estimate of drug-likeness (QED) is 0.389. The Morgan fingerprint density at radius 3 is 2.05 bits per heavy atom. The van der Waals surface area contributed by atoms with Crippen molar-refractivity contribution in [2.24, 2.45) is 5.92 Å². The average molecular weight is 277 g/mol. The zero-order chi connectivity index (χ0) is 14.7. The van der Waals surface area contributed by atoms with Gasteiger partial charge in [-0.3, -0.25) is 0 Å². The average Bonchev–Trinajstić information content (AvgIpc) is 2.36. The van der Waals surface area contributed by atoms with E-state index in [1.165, 1.54) is 48.8 Å². The molecular weight excluding hydrogens is 240 g/mol. The summed E-state index contributed by atoms with van der Waals surface area (Å²) < 4.78 is 0. The molecule has 0 unspecified atom stereocenters. The molecular formula is C20H36. The van der Waals surface area contributed by atoms with Crippen molar-refractivity contribution in [2.75, 3.05) is 0 Å². The molecule has 0 radical (unpaired) electrons. The molecule has 0 nitrogen and oxygen atoms in total. The van der Waals surface area contributed by atoms with E-state index in [1.54, 1.807) is 0 Å². The Bertz CT molecular complexity index is 333. The monoisotopic (exact) mass is 276 g/mol. The molecule has 0 aliphatic carbocycles. The third-order valence-electron chi connectivity index (χ3n) is 3.58. The van der Waals surface area contributed by atoms with Crippen LogP contribution in [0.5, 0.6) is 0 Å². The van der Waals surface area contributed by atoms with Gasteiger partial charge in [0, 0.05) is 0 Å². The fourth-order valence-corrected chi connectivity index (χ4v) is 2.65. The van der Waals surface area contributed by atoms with Crippen molar-refractivity contribution in [3.63, 3.8) is 0 Å². The predicted molar refractivity (Wildman–Crippen MR) is 96.1 cm³/mol. The minimum atomic E-state index is 0. The van der Waals surface area contributed by atoms with Crippen molar-refractivity contribution in [1.82, 2.24) is 0 Å². The van der Waals surface area contributed by atoms with Crippen molar-refractivity contribution in [3.8, 4) is 0 Å². The molecule has 0 fully saturated rings. The Morgan fingerprint density at radius 2 is 1.65 bits per heavy atom. The molecule has 0 aromatic carbocycles. The van der Waals surface area contributed by atoms with Gasteiger partial charge in [0.25, 0.3) is 0 Å². The first-order chi connectivity index (χ1) is 9.08. The first kappa shape index (κ1) is 21.3. The topological polar surface area (TPSA) is 0 Å². The number of allylic oxidation sites excluding steroid dienone is 7. The second kappa shape index (κ2) is 13.0. The van der Waals surface area contributed by atoms with Crippen LogP contribution >= 0.6 is 0 Å². The lowest BCUT2D eigenvalue weighted by atomic mass is 9.88. The van der Waals surface area contributed by atoms with Crippen molar-refractivity contribution in [2.45, 2.75) is 74.1 Å². The summed E-state index contributed by atoms with van der Waals surface area (Å²) in [6, 6.07) is 0. The normalized spacial score (nSPS) is 13.4. The number of hydrogen-bond donors (Lipinski definition) is 0. The largest absolute Gasteiger partial charge is 0.0991 e. The third kappa shape index (κ3) is 8.96. The van der Waals surface area contributed by atoms with Gasteiger partial charge in [0.1, 0.15) is 0 Å². The second-order valence-electron chi connectivity index (χ2n) is 5.44. The van der Waals surface area contributed by atoms with Gasteiger partial charge in [0.2, 0.25) is 0 Å². The molecule has 0 heterocycles. The highest BCUT2D eigenvalue weighted by molar-refractivity contribution is 5.36. The molecule has 0 rings (SSSR count). The maximum Gasteiger partial charge on any atom is -0.0251 e. The van der Waals surface area contributed by atoms with Crippen LogP contribution in [0.3, 0.4) is 0 Å². The summed E-state index contributed by atoms with van der Waals surface area (Å²) in [5, 5.41) is 0. The van der Waals surface area contributed by atoms with E-state index in [-0.39, 0.29) is 7.43 Å². The molecule has 0 aromatic rings. The lowest BCUT2D eigenvalue weighted by Crippen LogP contribution is -2.02. The van der Waals surface area contributed by atoms with Crippen LogP contribution < -0.4 is 0 Å². The van der Waals surface area contributed by atoms with E-state index >= 15 is 0 Å². The van der Waals surface area contributed by atoms with E-state index in [2.05, 4.69) is 59.4 Å². The Morgan fingerprint density at radius 1 is 1.10 bits per heavy atom. The van der Waals surface area contributed by atoms with Crippen LogP contribution in [-0.2, 0) is 0 Å². The van der Waals surface area contributed by atoms with Gasteiger partial charge in [-0.1, -0.05) is 83.4 Å². The highest BCUT2D eigenvalue weighted by Crippen LogP contribution is 2.26. The molecule has 0 spiro atoms. The zero-order valence-corrected chi connectivity index (χ0v) is 13.6. The summed E-state index contributed by atoms with van der Waals surface area (Å²) in [4.78, 5) is 0. The zero-order valence-electron chi connectivity index (χ0n) is 13.6. The van der Waals surface area contributed by atoms with Gasteiger partial charge in [0.15, 0.2) is 0 Å². The van der Waals surface area contributed by atoms with Crippen LogP contribution in [0.15, 0.2) is 47.6 Å². The molecule has 0 saturated carbocycles. The second-order valence-corrected chi connectivity index (χ2v) is 5.44. The third-order valence-corrected chi connectivity index (χ3v) is 3.58. The van der Waals surface area contributed by atoms with Crippen LogP contribution in [0.2, 0.25) is 0 Å². The Balaban J connectivity index is 0. The van der Waals surface area contributed by atoms with Gasteiger partial charge in [0.05, 0.1) is 0 Å². The fraction of sp³-hybridized carbons (Fsp3) is 0.600. The minimum absolute atomic E-state index is 0. The maximum atomic E-state index is 3.75. The summed E-state index contributed by atoms with van der Waals surface area (Å²) in [5.41, 5.74) is 4.17. The van der Waals surface area contributed by atoms with E-state index < -0.39 is 0 Å². The molecule has 0 amide bonds. The maximum absolute atomic E-state index is 3.75. The smallest absolute Gasteiger partial charge is 0.0251 e. The standard InChI is InChI=1S/C19H32.CH4/c1-7-11-16(5)14-17(6)19(10-4)15-18(12-8-2)13-9-3;/h7,10-11,14,18H,1,8-9,12-13,15H2,2-6H3;1H4/b16-11+,17-14-,19-10-;. The summed E-state index contributed by atoms with van der Waals surface area (Å²) in [6.07, 6.45) is 15.0. The molecule has 0 aromatic heterocycles. The predicted octanol–water partition coefficient (Wildman–Crippen LogP) is 7.25. The Kier molecular flexibility index (Phi) is 13.8. The molecule has 0 heteroatoms. The molecule has 116 valence electrons. The van der Waals surface area contributed by atoms with Crippen LogP contribution in [-0.4, -0.2) is 0 Å². The van der Waals surface area contributed by atoms with Crippen LogP contribution in [0.25, 0.3) is 0 Å². The van der Waals surface area contributed by atoms with Gasteiger partial charge >= 0.3 is 0 Å². The first-order valence-corrected chi connectivity index (χ1v) is 7.72. The summed E-state index contributed by atoms with van der Waals surface area (Å²) in [5.74, 6) is 0.841. The van der Waals surface area contributed by atoms with E-state index in [0.29, 0.717) is 0 Å². The van der Waals surface area contributed by atoms with Gasteiger partial charge < -0.3 is 0 Å². The first-order valence-electron chi connectivity index (χ1n) is 7.72. The lowest BCUT2D eigenvalue weighted by Gasteiger charge is -2.18. The van der Waals surface area contributed by atoms with Crippen LogP contribution in [0.1, 0.15) is 74.1 Å². The van der Waals surface area contributed by atoms with Gasteiger partial charge in [-0.05, 0) is 44.3 Å². The van der Waals surface area contributed by atoms with Gasteiger partial charge in [-0.15, -0.1) is 0 Å². The fourth-order valence-electron chi connectivity index (χ4n) is 2.65. The SMILES string of the molecule is C.C=C/C=C(C)/C=C(C)\C(=C/C)CC(CCC)CCC. The lowest BCUT2D eigenvalue weighted by molar-refractivity contribution is 0.438. The van der Waals surface area contributed by atoms with E-state index in [1.807, 2.05) is 6.08 Å². The van der Waals surface area contributed by atoms with Crippen molar-refractivity contribution >= 4 is 0 Å². The van der Waals surface area contributed by atoms with Gasteiger partial charge in [-0.2, -0.15) is 0 Å². The van der Waals surface area contributed by atoms with E-state index in [0.717, 1.165) is 5.92 Å². The highest BCUT2D eigenvalue weighted by atomic mass is 14.2. The minimum Gasteiger partial charge on any atom is -0.0991 e. The molecule has 0 atom stereocenters. The molecule has 0 N–H and O–H groups in total. The molecule has 0 aliphatic heterocycles. The van der Waals surface area contributed by atoms with Crippen LogP contribution in [0, 0.1) is 5.92 Å². The summed E-state index contributed by atoms with van der Waals surface area (Å²) in [6.45, 7) is 14.8. The molecule has 0 aliphatic rings. The number of hydrogen-bond acceptors (Lipinski definition) is 0. The van der Waals surface area contributed by atoms with Crippen LogP contribution in [0.4, 0.5) is 0 Å². The number of rotatable bonds is 9. The molecule has 0 bridgehead atoms. The Hall–Kier alpha value is -1.04. The van der Waals surface area contributed by atoms with Crippen molar-refractivity contribution in [1.29, 1.82) is 0 Å². The summed E-state index contributed by atoms with van der Waals surface area (Å²) >= 11 is 0. The Labute approximate surface area is 128 Å². The van der Waals surface area contributed by atoms with Crippen molar-refractivity contribution < 1.29 is 0 Å². The molecule has 20 heavy (non-hydrogen) atoms. The van der Waals surface area contributed by atoms with E-state index in [4.69, 9.17) is 0 Å².